The molecule has 0 bridgehead atoms. The fourth-order valence-electron chi connectivity index (χ4n) is 2.97. The van der Waals surface area contributed by atoms with Crippen LogP contribution in [-0.4, -0.2) is 27.3 Å². The maximum atomic E-state index is 12.0. The Morgan fingerprint density at radius 3 is 2.52 bits per heavy atom. The van der Waals surface area contributed by atoms with Gasteiger partial charge in [-0.25, -0.2) is 4.79 Å². The summed E-state index contributed by atoms with van der Waals surface area (Å²) in [6.45, 7) is 1.43. The summed E-state index contributed by atoms with van der Waals surface area (Å²) in [4.78, 5) is 23.5. The Labute approximate surface area is 133 Å². The van der Waals surface area contributed by atoms with E-state index in [1.807, 2.05) is 0 Å². The maximum Gasteiger partial charge on any atom is 0.331 e. The Morgan fingerprint density at radius 1 is 1.30 bits per heavy atom. The van der Waals surface area contributed by atoms with Crippen LogP contribution < -0.4 is 5.73 Å². The van der Waals surface area contributed by atoms with Crippen LogP contribution in [0.4, 0.5) is 0 Å². The molecule has 0 aromatic heterocycles. The summed E-state index contributed by atoms with van der Waals surface area (Å²) in [6, 6.07) is 4.99. The third-order valence-corrected chi connectivity index (χ3v) is 4.32. The quantitative estimate of drug-likeness (QED) is 0.650. The maximum absolute atomic E-state index is 12.0. The minimum absolute atomic E-state index is 0.0527. The van der Waals surface area contributed by atoms with Crippen molar-refractivity contribution in [1.82, 2.24) is 0 Å². The van der Waals surface area contributed by atoms with Gasteiger partial charge in [0, 0.05) is 18.5 Å². The standard InChI is InChI=1S/C17H19NO5/c1-10-5-6-17(16(22)23,7-12(10)15(20)21)14-4-2-3-11(8-18)13(14)9-19/h2-6,19H,7-9,18H2,1H3,(H,20,21)(H,22,23). The number of carbonyl (C=O) groups is 2. The number of allylic oxidation sites excluding steroid dienone is 2. The number of carboxylic acids is 2. The van der Waals surface area contributed by atoms with Gasteiger partial charge in [0.25, 0.3) is 0 Å². The summed E-state index contributed by atoms with van der Waals surface area (Å²) in [7, 11) is 0. The van der Waals surface area contributed by atoms with Gasteiger partial charge in [-0.1, -0.05) is 30.4 Å². The van der Waals surface area contributed by atoms with Crippen LogP contribution in [0.5, 0.6) is 0 Å². The number of nitrogens with two attached hydrogens (primary N) is 1. The lowest BCUT2D eigenvalue weighted by Gasteiger charge is -2.32. The van der Waals surface area contributed by atoms with E-state index in [1.54, 1.807) is 25.1 Å². The molecular formula is C17H19NO5. The molecule has 1 atom stereocenters. The van der Waals surface area contributed by atoms with E-state index in [0.717, 1.165) is 0 Å². The highest BCUT2D eigenvalue weighted by atomic mass is 16.4. The molecule has 0 heterocycles. The van der Waals surface area contributed by atoms with Gasteiger partial charge >= 0.3 is 11.9 Å². The topological polar surface area (TPSA) is 121 Å². The molecule has 6 nitrogen and oxygen atoms in total. The predicted octanol–water partition coefficient (Wildman–Crippen LogP) is 1.32. The minimum atomic E-state index is -1.53. The molecule has 1 unspecified atom stereocenters. The summed E-state index contributed by atoms with van der Waals surface area (Å²) in [5, 5.41) is 28.9. The fraction of sp³-hybridized carbons (Fsp3) is 0.294. The second-order valence-corrected chi connectivity index (χ2v) is 5.56. The van der Waals surface area contributed by atoms with E-state index >= 15 is 0 Å². The third-order valence-electron chi connectivity index (χ3n) is 4.32. The molecule has 5 N–H and O–H groups in total. The van der Waals surface area contributed by atoms with Gasteiger partial charge in [0.1, 0.15) is 5.41 Å². The summed E-state index contributed by atoms with van der Waals surface area (Å²) in [6.07, 6.45) is 2.82. The smallest absolute Gasteiger partial charge is 0.331 e. The lowest BCUT2D eigenvalue weighted by Crippen LogP contribution is -2.38. The first-order chi connectivity index (χ1) is 10.9. The van der Waals surface area contributed by atoms with Crippen molar-refractivity contribution in [3.63, 3.8) is 0 Å². The Morgan fingerprint density at radius 2 is 2.00 bits per heavy atom. The summed E-state index contributed by atoms with van der Waals surface area (Å²) < 4.78 is 0. The molecule has 2 rings (SSSR count). The number of aliphatic carboxylic acids is 2. The summed E-state index contributed by atoms with van der Waals surface area (Å²) in [5.74, 6) is -2.30. The predicted molar refractivity (Wildman–Crippen MR) is 83.7 cm³/mol. The molecule has 0 amide bonds. The van der Waals surface area contributed by atoms with Crippen LogP contribution >= 0.6 is 0 Å². The Bertz CT molecular complexity index is 720. The second kappa shape index (κ2) is 6.36. The average molecular weight is 317 g/mol. The van der Waals surface area contributed by atoms with Crippen molar-refractivity contribution in [3.8, 4) is 0 Å². The van der Waals surface area contributed by atoms with Crippen molar-refractivity contribution in [1.29, 1.82) is 0 Å². The van der Waals surface area contributed by atoms with Crippen molar-refractivity contribution in [2.24, 2.45) is 5.73 Å². The molecule has 0 spiro atoms. The summed E-state index contributed by atoms with van der Waals surface area (Å²) >= 11 is 0. The van der Waals surface area contributed by atoms with E-state index < -0.39 is 17.4 Å². The van der Waals surface area contributed by atoms with Crippen molar-refractivity contribution in [3.05, 3.63) is 58.2 Å². The van der Waals surface area contributed by atoms with Gasteiger partial charge < -0.3 is 21.1 Å². The van der Waals surface area contributed by atoms with E-state index in [9.17, 15) is 24.9 Å². The van der Waals surface area contributed by atoms with Gasteiger partial charge in [0.2, 0.25) is 0 Å². The normalized spacial score (nSPS) is 20.7. The molecule has 0 saturated carbocycles. The van der Waals surface area contributed by atoms with Gasteiger partial charge in [-0.2, -0.15) is 0 Å². The van der Waals surface area contributed by atoms with Crippen LogP contribution in [-0.2, 0) is 28.2 Å². The lowest BCUT2D eigenvalue weighted by molar-refractivity contribution is -0.142. The molecule has 1 aromatic carbocycles. The molecule has 6 heteroatoms. The zero-order chi connectivity index (χ0) is 17.2. The molecular weight excluding hydrogens is 298 g/mol. The van der Waals surface area contributed by atoms with Crippen LogP contribution in [0.15, 0.2) is 41.5 Å². The van der Waals surface area contributed by atoms with Crippen molar-refractivity contribution in [2.75, 3.05) is 0 Å². The van der Waals surface area contributed by atoms with Gasteiger partial charge in [-0.05, 0) is 29.2 Å². The van der Waals surface area contributed by atoms with Crippen molar-refractivity contribution >= 4 is 11.9 Å². The van der Waals surface area contributed by atoms with Crippen LogP contribution in [0.3, 0.4) is 0 Å². The number of hydrogen-bond donors (Lipinski definition) is 4. The van der Waals surface area contributed by atoms with E-state index in [-0.39, 0.29) is 25.1 Å². The Balaban J connectivity index is 2.69. The third kappa shape index (κ3) is 2.78. The van der Waals surface area contributed by atoms with Gasteiger partial charge in [-0.3, -0.25) is 4.79 Å². The molecule has 0 aliphatic heterocycles. The highest BCUT2D eigenvalue weighted by molar-refractivity contribution is 5.94. The van der Waals surface area contributed by atoms with Gasteiger partial charge in [-0.15, -0.1) is 0 Å². The second-order valence-electron chi connectivity index (χ2n) is 5.56. The monoisotopic (exact) mass is 317 g/mol. The van der Waals surface area contributed by atoms with Crippen molar-refractivity contribution < 1.29 is 24.9 Å². The number of carboxylic acid groups (broad SMARTS) is 2. The Hall–Kier alpha value is -2.44. The van der Waals surface area contributed by atoms with Crippen LogP contribution in [0.25, 0.3) is 0 Å². The first-order valence-electron chi connectivity index (χ1n) is 7.15. The number of hydrogen-bond acceptors (Lipinski definition) is 4. The fourth-order valence-corrected chi connectivity index (χ4v) is 2.97. The molecule has 0 fully saturated rings. The number of benzene rings is 1. The van der Waals surface area contributed by atoms with Gasteiger partial charge in [0.05, 0.1) is 6.61 Å². The molecule has 0 saturated heterocycles. The van der Waals surface area contributed by atoms with E-state index in [1.165, 1.54) is 12.2 Å². The zero-order valence-electron chi connectivity index (χ0n) is 12.7. The molecule has 0 radical (unpaired) electrons. The first kappa shape index (κ1) is 16.9. The zero-order valence-corrected chi connectivity index (χ0v) is 12.7. The SMILES string of the molecule is CC1=C(C(=O)O)CC(C(=O)O)(c2cccc(CN)c2CO)C=C1. The largest absolute Gasteiger partial charge is 0.480 e. The molecule has 1 aromatic rings. The number of aliphatic hydroxyl groups excluding tert-OH is 1. The van der Waals surface area contributed by atoms with Gasteiger partial charge in [0.15, 0.2) is 0 Å². The van der Waals surface area contributed by atoms with E-state index in [2.05, 4.69) is 0 Å². The number of rotatable bonds is 5. The first-order valence-corrected chi connectivity index (χ1v) is 7.15. The highest BCUT2D eigenvalue weighted by Crippen LogP contribution is 2.40. The molecule has 23 heavy (non-hydrogen) atoms. The lowest BCUT2D eigenvalue weighted by atomic mass is 9.69. The van der Waals surface area contributed by atoms with Crippen LogP contribution in [0.2, 0.25) is 0 Å². The highest BCUT2D eigenvalue weighted by Gasteiger charge is 2.43. The average Bonchev–Trinajstić information content (AvgIpc) is 2.54. The van der Waals surface area contributed by atoms with E-state index in [4.69, 9.17) is 5.73 Å². The van der Waals surface area contributed by atoms with Crippen molar-refractivity contribution in [2.45, 2.75) is 31.9 Å². The molecule has 122 valence electrons. The summed E-state index contributed by atoms with van der Waals surface area (Å²) in [5.41, 5.74) is 6.16. The number of aliphatic hydroxyl groups is 1. The minimum Gasteiger partial charge on any atom is -0.480 e. The molecule has 1 aliphatic carbocycles. The van der Waals surface area contributed by atoms with Crippen LogP contribution in [0.1, 0.15) is 30.0 Å². The Kier molecular flexibility index (Phi) is 4.68. The van der Waals surface area contributed by atoms with E-state index in [0.29, 0.717) is 22.3 Å². The van der Waals surface area contributed by atoms with Crippen LogP contribution in [0, 0.1) is 0 Å². The molecule has 1 aliphatic rings.